The van der Waals surface area contributed by atoms with Crippen molar-refractivity contribution in [3.8, 4) is 0 Å². The Kier molecular flexibility index (Phi) is 3.82. The normalized spacial score (nSPS) is 12.7. The monoisotopic (exact) mass is 244 g/mol. The van der Waals surface area contributed by atoms with Crippen molar-refractivity contribution in [1.29, 1.82) is 0 Å². The highest BCUT2D eigenvalue weighted by atomic mass is 16.5. The zero-order chi connectivity index (χ0) is 13.1. The van der Waals surface area contributed by atoms with Gasteiger partial charge in [-0.1, -0.05) is 22.9 Å². The van der Waals surface area contributed by atoms with Crippen LogP contribution in [0.4, 0.5) is 0 Å². The minimum absolute atomic E-state index is 0.308. The first-order valence-corrected chi connectivity index (χ1v) is 6.28. The number of hydrogen-bond acceptors (Lipinski definition) is 3. The number of aryl methyl sites for hydroxylation is 3. The minimum atomic E-state index is 0.308. The van der Waals surface area contributed by atoms with Crippen LogP contribution in [0.2, 0.25) is 0 Å². The molecule has 0 radical (unpaired) electrons. The Hall–Kier alpha value is -1.61. The van der Waals surface area contributed by atoms with Gasteiger partial charge in [0.1, 0.15) is 6.26 Å². The number of rotatable bonds is 4. The second-order valence-electron chi connectivity index (χ2n) is 4.91. The summed E-state index contributed by atoms with van der Waals surface area (Å²) < 4.78 is 4.83. The van der Waals surface area contributed by atoms with Gasteiger partial charge in [-0.05, 0) is 44.4 Å². The fourth-order valence-electron chi connectivity index (χ4n) is 2.56. The minimum Gasteiger partial charge on any atom is -0.364 e. The van der Waals surface area contributed by atoms with Crippen molar-refractivity contribution >= 4 is 0 Å². The Bertz CT molecular complexity index is 494. The highest BCUT2D eigenvalue weighted by molar-refractivity contribution is 5.39. The van der Waals surface area contributed by atoms with Gasteiger partial charge in [0.2, 0.25) is 0 Å². The summed E-state index contributed by atoms with van der Waals surface area (Å²) in [5.41, 5.74) is 6.31. The molecular weight excluding hydrogens is 224 g/mol. The van der Waals surface area contributed by atoms with Gasteiger partial charge >= 0.3 is 0 Å². The second kappa shape index (κ2) is 5.36. The van der Waals surface area contributed by atoms with E-state index < -0.39 is 0 Å². The fourth-order valence-corrected chi connectivity index (χ4v) is 2.56. The molecule has 2 aromatic rings. The lowest BCUT2D eigenvalue weighted by Gasteiger charge is -2.19. The summed E-state index contributed by atoms with van der Waals surface area (Å²) >= 11 is 0. The predicted molar refractivity (Wildman–Crippen MR) is 72.4 cm³/mol. The molecule has 0 aliphatic heterocycles. The van der Waals surface area contributed by atoms with E-state index in [0.29, 0.717) is 6.04 Å². The molecule has 18 heavy (non-hydrogen) atoms. The molecule has 3 heteroatoms. The van der Waals surface area contributed by atoms with Crippen LogP contribution >= 0.6 is 0 Å². The molecule has 2 rings (SSSR count). The molecule has 1 atom stereocenters. The van der Waals surface area contributed by atoms with Gasteiger partial charge in [-0.3, -0.25) is 0 Å². The Balaban J connectivity index is 2.11. The summed E-state index contributed by atoms with van der Waals surface area (Å²) in [5.74, 6) is 0. The van der Waals surface area contributed by atoms with E-state index in [2.05, 4.69) is 50.3 Å². The van der Waals surface area contributed by atoms with Crippen LogP contribution in [0.25, 0.3) is 0 Å². The number of aromatic nitrogens is 1. The summed E-state index contributed by atoms with van der Waals surface area (Å²) in [4.78, 5) is 0. The van der Waals surface area contributed by atoms with Crippen LogP contribution in [0.15, 0.2) is 29.0 Å². The van der Waals surface area contributed by atoms with E-state index in [4.69, 9.17) is 4.52 Å². The summed E-state index contributed by atoms with van der Waals surface area (Å²) in [6.07, 6.45) is 1.60. The van der Waals surface area contributed by atoms with Gasteiger partial charge in [-0.25, -0.2) is 0 Å². The van der Waals surface area contributed by atoms with Crippen molar-refractivity contribution in [1.82, 2.24) is 10.5 Å². The van der Waals surface area contributed by atoms with Crippen LogP contribution in [0.1, 0.15) is 40.9 Å². The van der Waals surface area contributed by atoms with Crippen LogP contribution < -0.4 is 5.32 Å². The molecule has 1 heterocycles. The van der Waals surface area contributed by atoms with Crippen LogP contribution in [0.3, 0.4) is 0 Å². The molecule has 1 N–H and O–H groups in total. The second-order valence-corrected chi connectivity index (χ2v) is 4.91. The van der Waals surface area contributed by atoms with Crippen molar-refractivity contribution in [2.24, 2.45) is 0 Å². The fraction of sp³-hybridized carbons (Fsp3) is 0.400. The molecule has 0 bridgehead atoms. The number of benzene rings is 1. The third-order valence-corrected chi connectivity index (χ3v) is 3.25. The maximum absolute atomic E-state index is 4.83. The summed E-state index contributed by atoms with van der Waals surface area (Å²) in [5, 5.41) is 7.38. The Morgan fingerprint density at radius 2 is 1.89 bits per heavy atom. The summed E-state index contributed by atoms with van der Waals surface area (Å²) in [6.45, 7) is 9.39. The van der Waals surface area contributed by atoms with E-state index in [0.717, 1.165) is 12.2 Å². The van der Waals surface area contributed by atoms with Gasteiger partial charge in [-0.2, -0.15) is 0 Å². The molecule has 0 amide bonds. The molecule has 1 aromatic carbocycles. The maximum atomic E-state index is 4.83. The number of nitrogens with zero attached hydrogens (tertiary/aromatic N) is 1. The topological polar surface area (TPSA) is 38.1 Å². The van der Waals surface area contributed by atoms with Crippen LogP contribution in [0, 0.1) is 20.8 Å². The number of nitrogens with one attached hydrogen (secondary N) is 1. The average Bonchev–Trinajstić information content (AvgIpc) is 2.77. The van der Waals surface area contributed by atoms with Gasteiger partial charge in [0, 0.05) is 18.7 Å². The van der Waals surface area contributed by atoms with E-state index in [1.807, 2.05) is 6.07 Å². The zero-order valence-electron chi connectivity index (χ0n) is 11.4. The SMILES string of the molecule is Cc1cc(C)c(C(C)NCc2ccon2)c(C)c1. The molecular formula is C15H20N2O. The first-order chi connectivity index (χ1) is 8.58. The van der Waals surface area contributed by atoms with E-state index >= 15 is 0 Å². The Morgan fingerprint density at radius 3 is 2.44 bits per heavy atom. The Morgan fingerprint density at radius 1 is 1.22 bits per heavy atom. The predicted octanol–water partition coefficient (Wildman–Crippen LogP) is 3.45. The third-order valence-electron chi connectivity index (χ3n) is 3.25. The molecule has 0 aliphatic carbocycles. The molecule has 1 unspecified atom stereocenters. The molecule has 0 saturated heterocycles. The lowest BCUT2D eigenvalue weighted by Crippen LogP contribution is -2.20. The van der Waals surface area contributed by atoms with Crippen LogP contribution in [-0.2, 0) is 6.54 Å². The van der Waals surface area contributed by atoms with Crippen molar-refractivity contribution < 1.29 is 4.52 Å². The molecule has 0 saturated carbocycles. The van der Waals surface area contributed by atoms with E-state index in [9.17, 15) is 0 Å². The molecule has 1 aromatic heterocycles. The lowest BCUT2D eigenvalue weighted by atomic mass is 9.95. The first-order valence-electron chi connectivity index (χ1n) is 6.28. The smallest absolute Gasteiger partial charge is 0.124 e. The molecule has 0 aliphatic rings. The Labute approximate surface area is 108 Å². The van der Waals surface area contributed by atoms with Crippen molar-refractivity contribution in [2.45, 2.75) is 40.3 Å². The average molecular weight is 244 g/mol. The van der Waals surface area contributed by atoms with Gasteiger partial charge < -0.3 is 9.84 Å². The van der Waals surface area contributed by atoms with E-state index in [1.165, 1.54) is 22.3 Å². The van der Waals surface area contributed by atoms with E-state index in [-0.39, 0.29) is 0 Å². The van der Waals surface area contributed by atoms with Gasteiger partial charge in [0.15, 0.2) is 0 Å². The van der Waals surface area contributed by atoms with Gasteiger partial charge in [0.25, 0.3) is 0 Å². The van der Waals surface area contributed by atoms with Gasteiger partial charge in [0.05, 0.1) is 5.69 Å². The maximum Gasteiger partial charge on any atom is 0.124 e. The lowest BCUT2D eigenvalue weighted by molar-refractivity contribution is 0.406. The van der Waals surface area contributed by atoms with Crippen LogP contribution in [0.5, 0.6) is 0 Å². The molecule has 3 nitrogen and oxygen atoms in total. The molecule has 96 valence electrons. The first kappa shape index (κ1) is 12.8. The highest BCUT2D eigenvalue weighted by Crippen LogP contribution is 2.23. The van der Waals surface area contributed by atoms with Crippen molar-refractivity contribution in [3.63, 3.8) is 0 Å². The quantitative estimate of drug-likeness (QED) is 0.895. The van der Waals surface area contributed by atoms with Crippen molar-refractivity contribution in [2.75, 3.05) is 0 Å². The van der Waals surface area contributed by atoms with Crippen molar-refractivity contribution in [3.05, 3.63) is 52.4 Å². The highest BCUT2D eigenvalue weighted by Gasteiger charge is 2.11. The number of hydrogen-bond donors (Lipinski definition) is 1. The van der Waals surface area contributed by atoms with E-state index in [1.54, 1.807) is 6.26 Å². The van der Waals surface area contributed by atoms with Crippen LogP contribution in [-0.4, -0.2) is 5.16 Å². The molecule has 0 spiro atoms. The largest absolute Gasteiger partial charge is 0.364 e. The summed E-state index contributed by atoms with van der Waals surface area (Å²) in [7, 11) is 0. The molecule has 0 fully saturated rings. The summed E-state index contributed by atoms with van der Waals surface area (Å²) in [6, 6.07) is 6.66. The standard InChI is InChI=1S/C15H20N2O/c1-10-7-11(2)15(12(3)8-10)13(4)16-9-14-5-6-18-17-14/h5-8,13,16H,9H2,1-4H3. The van der Waals surface area contributed by atoms with Gasteiger partial charge in [-0.15, -0.1) is 0 Å². The third kappa shape index (κ3) is 2.79. The zero-order valence-corrected chi connectivity index (χ0v) is 11.4.